The van der Waals surface area contributed by atoms with Crippen LogP contribution in [-0.2, 0) is 7.05 Å². The van der Waals surface area contributed by atoms with Crippen LogP contribution in [0.25, 0.3) is 0 Å². The first-order chi connectivity index (χ1) is 7.74. The topological polar surface area (TPSA) is 53.1 Å². The Hall–Kier alpha value is -1.81. The minimum atomic E-state index is -0.267. The first kappa shape index (κ1) is 10.7. The smallest absolute Gasteiger partial charge is 0.130 e. The predicted molar refractivity (Wildman–Crippen MR) is 62.2 cm³/mol. The lowest BCUT2D eigenvalue weighted by atomic mass is 10.1. The van der Waals surface area contributed by atoms with Crippen molar-refractivity contribution in [2.24, 2.45) is 12.8 Å². The second kappa shape index (κ2) is 4.37. The van der Waals surface area contributed by atoms with Gasteiger partial charge in [0.05, 0.1) is 13.2 Å². The standard InChI is InChI=1S/C12H15N3O/c1-15-8-7-14-12(15)11(13)9-5-3-4-6-10(9)16-2/h3-8,11H,13H2,1-2H3/t11-/m1/s1. The van der Waals surface area contributed by atoms with Crippen LogP contribution < -0.4 is 10.5 Å². The highest BCUT2D eigenvalue weighted by Crippen LogP contribution is 2.26. The number of rotatable bonds is 3. The minimum absolute atomic E-state index is 0.267. The molecule has 0 aliphatic carbocycles. The first-order valence-electron chi connectivity index (χ1n) is 5.09. The third-order valence-electron chi connectivity index (χ3n) is 2.61. The average Bonchev–Trinajstić information content (AvgIpc) is 2.74. The van der Waals surface area contributed by atoms with Crippen LogP contribution >= 0.6 is 0 Å². The van der Waals surface area contributed by atoms with E-state index in [4.69, 9.17) is 10.5 Å². The Morgan fingerprint density at radius 1 is 1.38 bits per heavy atom. The van der Waals surface area contributed by atoms with Crippen LogP contribution in [0.5, 0.6) is 5.75 Å². The number of hydrogen-bond acceptors (Lipinski definition) is 3. The number of aryl methyl sites for hydroxylation is 1. The zero-order chi connectivity index (χ0) is 11.5. The molecule has 1 aromatic heterocycles. The number of benzene rings is 1. The lowest BCUT2D eigenvalue weighted by Crippen LogP contribution is -2.17. The van der Waals surface area contributed by atoms with Gasteiger partial charge in [-0.15, -0.1) is 0 Å². The van der Waals surface area contributed by atoms with Gasteiger partial charge in [0.25, 0.3) is 0 Å². The molecule has 0 saturated carbocycles. The molecule has 2 rings (SSSR count). The fraction of sp³-hybridized carbons (Fsp3) is 0.250. The van der Waals surface area contributed by atoms with Crippen molar-refractivity contribution >= 4 is 0 Å². The molecule has 0 amide bonds. The van der Waals surface area contributed by atoms with E-state index in [2.05, 4.69) is 4.98 Å². The Labute approximate surface area is 94.7 Å². The second-order valence-electron chi connectivity index (χ2n) is 3.62. The lowest BCUT2D eigenvalue weighted by Gasteiger charge is -2.15. The molecule has 1 aromatic carbocycles. The maximum Gasteiger partial charge on any atom is 0.130 e. The van der Waals surface area contributed by atoms with Gasteiger partial charge < -0.3 is 15.0 Å². The number of imidazole rings is 1. The summed E-state index contributed by atoms with van der Waals surface area (Å²) in [6, 6.07) is 7.46. The van der Waals surface area contributed by atoms with Crippen LogP contribution in [0.4, 0.5) is 0 Å². The van der Waals surface area contributed by atoms with Gasteiger partial charge in [0.1, 0.15) is 11.6 Å². The summed E-state index contributed by atoms with van der Waals surface area (Å²) in [5.74, 6) is 1.61. The Bertz CT molecular complexity index is 479. The van der Waals surface area contributed by atoms with E-state index in [0.717, 1.165) is 17.1 Å². The Morgan fingerprint density at radius 2 is 2.12 bits per heavy atom. The van der Waals surface area contributed by atoms with E-state index < -0.39 is 0 Å². The molecule has 0 aliphatic rings. The molecule has 0 spiro atoms. The van der Waals surface area contributed by atoms with Gasteiger partial charge in [-0.1, -0.05) is 18.2 Å². The van der Waals surface area contributed by atoms with Gasteiger partial charge in [0.2, 0.25) is 0 Å². The summed E-state index contributed by atoms with van der Waals surface area (Å²) in [6.07, 6.45) is 3.62. The van der Waals surface area contributed by atoms with E-state index in [-0.39, 0.29) is 6.04 Å². The number of hydrogen-bond donors (Lipinski definition) is 1. The zero-order valence-corrected chi connectivity index (χ0v) is 9.42. The van der Waals surface area contributed by atoms with E-state index in [1.165, 1.54) is 0 Å². The number of aromatic nitrogens is 2. The maximum atomic E-state index is 6.17. The summed E-state index contributed by atoms with van der Waals surface area (Å²) in [4.78, 5) is 4.25. The molecule has 2 aromatic rings. The lowest BCUT2D eigenvalue weighted by molar-refractivity contribution is 0.407. The van der Waals surface area contributed by atoms with Gasteiger partial charge in [-0.25, -0.2) is 4.98 Å². The molecule has 1 heterocycles. The van der Waals surface area contributed by atoms with Crippen molar-refractivity contribution in [1.29, 1.82) is 0 Å². The van der Waals surface area contributed by atoms with Crippen molar-refractivity contribution in [2.75, 3.05) is 7.11 Å². The number of methoxy groups -OCH3 is 1. The summed E-state index contributed by atoms with van der Waals surface area (Å²) in [7, 11) is 3.57. The monoisotopic (exact) mass is 217 g/mol. The third-order valence-corrected chi connectivity index (χ3v) is 2.61. The van der Waals surface area contributed by atoms with Crippen LogP contribution in [0, 0.1) is 0 Å². The van der Waals surface area contributed by atoms with Crippen LogP contribution in [0.15, 0.2) is 36.7 Å². The number of nitrogens with zero attached hydrogens (tertiary/aromatic N) is 2. The van der Waals surface area contributed by atoms with Gasteiger partial charge in [-0.05, 0) is 6.07 Å². The molecule has 16 heavy (non-hydrogen) atoms. The molecule has 4 nitrogen and oxygen atoms in total. The van der Waals surface area contributed by atoms with Crippen LogP contribution in [-0.4, -0.2) is 16.7 Å². The molecular formula is C12H15N3O. The van der Waals surface area contributed by atoms with Crippen molar-refractivity contribution < 1.29 is 4.74 Å². The van der Waals surface area contributed by atoms with Gasteiger partial charge in [0.15, 0.2) is 0 Å². The molecule has 84 valence electrons. The average molecular weight is 217 g/mol. The Balaban J connectivity index is 2.41. The molecule has 2 N–H and O–H groups in total. The summed E-state index contributed by atoms with van der Waals surface area (Å²) in [5, 5.41) is 0. The molecular weight excluding hydrogens is 202 g/mol. The molecule has 0 radical (unpaired) electrons. The predicted octanol–water partition coefficient (Wildman–Crippen LogP) is 1.48. The molecule has 1 atom stereocenters. The molecule has 0 fully saturated rings. The Morgan fingerprint density at radius 3 is 2.75 bits per heavy atom. The summed E-state index contributed by atoms with van der Waals surface area (Å²) < 4.78 is 7.20. The van der Waals surface area contributed by atoms with E-state index >= 15 is 0 Å². The fourth-order valence-corrected chi connectivity index (χ4v) is 1.74. The van der Waals surface area contributed by atoms with Crippen LogP contribution in [0.2, 0.25) is 0 Å². The molecule has 0 bridgehead atoms. The molecule has 4 heteroatoms. The highest BCUT2D eigenvalue weighted by molar-refractivity contribution is 5.38. The number of nitrogens with two attached hydrogens (primary N) is 1. The highest BCUT2D eigenvalue weighted by Gasteiger charge is 2.16. The number of para-hydroxylation sites is 1. The van der Waals surface area contributed by atoms with E-state index in [9.17, 15) is 0 Å². The van der Waals surface area contributed by atoms with Crippen molar-refractivity contribution in [2.45, 2.75) is 6.04 Å². The van der Waals surface area contributed by atoms with E-state index in [1.807, 2.05) is 42.1 Å². The second-order valence-corrected chi connectivity index (χ2v) is 3.62. The quantitative estimate of drug-likeness (QED) is 0.847. The minimum Gasteiger partial charge on any atom is -0.496 e. The summed E-state index contributed by atoms with van der Waals surface area (Å²) in [5.41, 5.74) is 7.12. The van der Waals surface area contributed by atoms with Gasteiger partial charge in [-0.3, -0.25) is 0 Å². The fourth-order valence-electron chi connectivity index (χ4n) is 1.74. The van der Waals surface area contributed by atoms with E-state index in [0.29, 0.717) is 0 Å². The van der Waals surface area contributed by atoms with Gasteiger partial charge in [0, 0.05) is 25.0 Å². The van der Waals surface area contributed by atoms with Crippen molar-refractivity contribution in [3.8, 4) is 5.75 Å². The van der Waals surface area contributed by atoms with Crippen molar-refractivity contribution in [1.82, 2.24) is 9.55 Å². The van der Waals surface area contributed by atoms with E-state index in [1.54, 1.807) is 13.3 Å². The van der Waals surface area contributed by atoms with Crippen LogP contribution in [0.1, 0.15) is 17.4 Å². The normalized spacial score (nSPS) is 12.4. The maximum absolute atomic E-state index is 6.17. The van der Waals surface area contributed by atoms with Crippen molar-refractivity contribution in [3.05, 3.63) is 48.0 Å². The summed E-state index contributed by atoms with van der Waals surface area (Å²) >= 11 is 0. The number of ether oxygens (including phenoxy) is 1. The molecule has 0 saturated heterocycles. The summed E-state index contributed by atoms with van der Waals surface area (Å²) in [6.45, 7) is 0. The SMILES string of the molecule is COc1ccccc1[C@@H](N)c1nccn1C. The third kappa shape index (κ3) is 1.79. The Kier molecular flexibility index (Phi) is 2.92. The van der Waals surface area contributed by atoms with Crippen molar-refractivity contribution in [3.63, 3.8) is 0 Å². The molecule has 0 unspecified atom stereocenters. The highest BCUT2D eigenvalue weighted by atomic mass is 16.5. The van der Waals surface area contributed by atoms with Gasteiger partial charge in [-0.2, -0.15) is 0 Å². The largest absolute Gasteiger partial charge is 0.496 e. The zero-order valence-electron chi connectivity index (χ0n) is 9.42. The van der Waals surface area contributed by atoms with Crippen LogP contribution in [0.3, 0.4) is 0 Å². The van der Waals surface area contributed by atoms with Gasteiger partial charge >= 0.3 is 0 Å². The molecule has 0 aliphatic heterocycles. The first-order valence-corrected chi connectivity index (χ1v) is 5.09.